The van der Waals surface area contributed by atoms with Crippen molar-refractivity contribution in [2.24, 2.45) is 11.8 Å². The number of likely N-dealkylation sites (N-methyl/N-ethyl adjacent to an activating group) is 1. The van der Waals surface area contributed by atoms with Crippen LogP contribution in [0.25, 0.3) is 0 Å². The van der Waals surface area contributed by atoms with Crippen LogP contribution in [0.3, 0.4) is 0 Å². The molecule has 3 N–H and O–H groups in total. The van der Waals surface area contributed by atoms with Crippen molar-refractivity contribution in [1.29, 1.82) is 0 Å². The van der Waals surface area contributed by atoms with Crippen LogP contribution < -0.4 is 10.6 Å². The van der Waals surface area contributed by atoms with Crippen LogP contribution in [0.15, 0.2) is 0 Å². The van der Waals surface area contributed by atoms with Crippen LogP contribution >= 0.6 is 0 Å². The fourth-order valence-electron chi connectivity index (χ4n) is 2.29. The van der Waals surface area contributed by atoms with Crippen LogP contribution in [0.1, 0.15) is 32.6 Å². The van der Waals surface area contributed by atoms with Crippen LogP contribution in [0, 0.1) is 11.8 Å². The molecule has 0 saturated heterocycles. The van der Waals surface area contributed by atoms with Crippen molar-refractivity contribution in [3.05, 3.63) is 0 Å². The van der Waals surface area contributed by atoms with Crippen LogP contribution in [0.5, 0.6) is 0 Å². The minimum atomic E-state index is -0.731. The zero-order valence-corrected chi connectivity index (χ0v) is 10.5. The number of hydrogen-bond acceptors (Lipinski definition) is 3. The van der Waals surface area contributed by atoms with E-state index >= 15 is 0 Å². The Morgan fingerprint density at radius 1 is 1.35 bits per heavy atom. The molecule has 5 nitrogen and oxygen atoms in total. The fraction of sp³-hybridized carbons (Fsp3) is 0.833. The number of amides is 1. The van der Waals surface area contributed by atoms with Gasteiger partial charge in [0.15, 0.2) is 0 Å². The highest BCUT2D eigenvalue weighted by atomic mass is 16.4. The second kappa shape index (κ2) is 6.59. The molecule has 0 bridgehead atoms. The van der Waals surface area contributed by atoms with Crippen molar-refractivity contribution in [1.82, 2.24) is 10.6 Å². The fourth-order valence-corrected chi connectivity index (χ4v) is 2.29. The molecule has 0 heterocycles. The SMILES string of the molecule is CNC(C)C(=O)NCC1CCCCC1C(=O)O. The third-order valence-electron chi connectivity index (χ3n) is 3.59. The van der Waals surface area contributed by atoms with E-state index < -0.39 is 5.97 Å². The quantitative estimate of drug-likeness (QED) is 0.659. The van der Waals surface area contributed by atoms with Gasteiger partial charge in [-0.05, 0) is 32.7 Å². The lowest BCUT2D eigenvalue weighted by atomic mass is 9.79. The molecule has 0 aromatic heterocycles. The predicted octanol–water partition coefficient (Wildman–Crippen LogP) is 0.601. The Balaban J connectivity index is 2.43. The molecule has 3 atom stereocenters. The summed E-state index contributed by atoms with van der Waals surface area (Å²) in [6.07, 6.45) is 3.67. The van der Waals surface area contributed by atoms with E-state index in [0.29, 0.717) is 6.54 Å². The van der Waals surface area contributed by atoms with E-state index in [4.69, 9.17) is 5.11 Å². The van der Waals surface area contributed by atoms with Crippen molar-refractivity contribution in [2.75, 3.05) is 13.6 Å². The van der Waals surface area contributed by atoms with Crippen molar-refractivity contribution >= 4 is 11.9 Å². The first-order chi connectivity index (χ1) is 8.06. The summed E-state index contributed by atoms with van der Waals surface area (Å²) in [6.45, 7) is 2.26. The maximum atomic E-state index is 11.6. The number of carboxylic acids is 1. The van der Waals surface area contributed by atoms with Gasteiger partial charge in [-0.25, -0.2) is 0 Å². The predicted molar refractivity (Wildman–Crippen MR) is 64.6 cm³/mol. The van der Waals surface area contributed by atoms with Crippen molar-refractivity contribution < 1.29 is 14.7 Å². The monoisotopic (exact) mass is 242 g/mol. The normalized spacial score (nSPS) is 26.2. The molecular formula is C12H22N2O3. The van der Waals surface area contributed by atoms with Gasteiger partial charge in [0.1, 0.15) is 0 Å². The number of carboxylic acid groups (broad SMARTS) is 1. The van der Waals surface area contributed by atoms with Gasteiger partial charge in [0.25, 0.3) is 0 Å². The Morgan fingerprint density at radius 2 is 2.00 bits per heavy atom. The number of carbonyl (C=O) groups is 2. The van der Waals surface area contributed by atoms with E-state index in [0.717, 1.165) is 25.7 Å². The van der Waals surface area contributed by atoms with Crippen LogP contribution in [-0.4, -0.2) is 36.6 Å². The van der Waals surface area contributed by atoms with Gasteiger partial charge in [-0.2, -0.15) is 0 Å². The summed E-state index contributed by atoms with van der Waals surface area (Å²) < 4.78 is 0. The second-order valence-electron chi connectivity index (χ2n) is 4.74. The average molecular weight is 242 g/mol. The topological polar surface area (TPSA) is 78.4 Å². The molecule has 3 unspecified atom stereocenters. The zero-order valence-electron chi connectivity index (χ0n) is 10.5. The van der Waals surface area contributed by atoms with Gasteiger partial charge in [0, 0.05) is 6.54 Å². The Kier molecular flexibility index (Phi) is 5.41. The summed E-state index contributed by atoms with van der Waals surface area (Å²) in [5, 5.41) is 14.8. The highest BCUT2D eigenvalue weighted by Gasteiger charge is 2.30. The number of rotatable bonds is 5. The summed E-state index contributed by atoms with van der Waals surface area (Å²) in [5.74, 6) is -1.02. The van der Waals surface area contributed by atoms with E-state index in [-0.39, 0.29) is 23.8 Å². The molecule has 0 aliphatic heterocycles. The minimum Gasteiger partial charge on any atom is -0.481 e. The highest BCUT2D eigenvalue weighted by molar-refractivity contribution is 5.81. The largest absolute Gasteiger partial charge is 0.481 e. The Labute approximate surface area is 102 Å². The molecule has 1 aliphatic rings. The zero-order chi connectivity index (χ0) is 12.8. The van der Waals surface area contributed by atoms with E-state index in [2.05, 4.69) is 10.6 Å². The number of aliphatic carboxylic acids is 1. The molecule has 0 aromatic carbocycles. The summed E-state index contributed by atoms with van der Waals surface area (Å²) in [4.78, 5) is 22.6. The molecule has 98 valence electrons. The maximum Gasteiger partial charge on any atom is 0.306 e. The second-order valence-corrected chi connectivity index (χ2v) is 4.74. The van der Waals surface area contributed by atoms with Gasteiger partial charge in [-0.3, -0.25) is 9.59 Å². The van der Waals surface area contributed by atoms with Gasteiger partial charge >= 0.3 is 5.97 Å². The number of nitrogens with one attached hydrogen (secondary N) is 2. The molecule has 0 radical (unpaired) electrons. The first-order valence-electron chi connectivity index (χ1n) is 6.24. The van der Waals surface area contributed by atoms with Crippen molar-refractivity contribution in [3.63, 3.8) is 0 Å². The summed E-state index contributed by atoms with van der Waals surface area (Å²) in [5.41, 5.74) is 0. The summed E-state index contributed by atoms with van der Waals surface area (Å²) >= 11 is 0. The van der Waals surface area contributed by atoms with Crippen molar-refractivity contribution in [3.8, 4) is 0 Å². The molecule has 0 spiro atoms. The van der Waals surface area contributed by atoms with Crippen LogP contribution in [-0.2, 0) is 9.59 Å². The molecule has 0 aromatic rings. The van der Waals surface area contributed by atoms with Gasteiger partial charge in [-0.1, -0.05) is 12.8 Å². The van der Waals surface area contributed by atoms with Gasteiger partial charge in [-0.15, -0.1) is 0 Å². The third-order valence-corrected chi connectivity index (χ3v) is 3.59. The first-order valence-corrected chi connectivity index (χ1v) is 6.24. The molecule has 1 amide bonds. The molecule has 17 heavy (non-hydrogen) atoms. The molecule has 1 fully saturated rings. The maximum absolute atomic E-state index is 11.6. The van der Waals surface area contributed by atoms with E-state index in [1.165, 1.54) is 0 Å². The number of hydrogen-bond donors (Lipinski definition) is 3. The van der Waals surface area contributed by atoms with Gasteiger partial charge in [0.05, 0.1) is 12.0 Å². The van der Waals surface area contributed by atoms with E-state index in [9.17, 15) is 9.59 Å². The Morgan fingerprint density at radius 3 is 2.59 bits per heavy atom. The first kappa shape index (κ1) is 14.0. The Hall–Kier alpha value is -1.10. The van der Waals surface area contributed by atoms with Crippen LogP contribution in [0.4, 0.5) is 0 Å². The highest BCUT2D eigenvalue weighted by Crippen LogP contribution is 2.29. The van der Waals surface area contributed by atoms with Gasteiger partial charge in [0.2, 0.25) is 5.91 Å². The van der Waals surface area contributed by atoms with E-state index in [1.54, 1.807) is 14.0 Å². The number of carbonyl (C=O) groups excluding carboxylic acids is 1. The lowest BCUT2D eigenvalue weighted by Crippen LogP contribution is -2.44. The smallest absolute Gasteiger partial charge is 0.306 e. The minimum absolute atomic E-state index is 0.0674. The lowest BCUT2D eigenvalue weighted by molar-refractivity contribution is -0.145. The average Bonchev–Trinajstić information content (AvgIpc) is 2.35. The molecular weight excluding hydrogens is 220 g/mol. The van der Waals surface area contributed by atoms with Crippen LogP contribution in [0.2, 0.25) is 0 Å². The third kappa shape index (κ3) is 4.00. The summed E-state index contributed by atoms with van der Waals surface area (Å²) in [6, 6.07) is -0.234. The summed E-state index contributed by atoms with van der Waals surface area (Å²) in [7, 11) is 1.73. The molecule has 1 rings (SSSR count). The molecule has 5 heteroatoms. The molecule has 1 aliphatic carbocycles. The van der Waals surface area contributed by atoms with Gasteiger partial charge < -0.3 is 15.7 Å². The Bertz CT molecular complexity index is 281. The molecule has 1 saturated carbocycles. The van der Waals surface area contributed by atoms with E-state index in [1.807, 2.05) is 0 Å². The van der Waals surface area contributed by atoms with Crippen molar-refractivity contribution in [2.45, 2.75) is 38.6 Å². The lowest BCUT2D eigenvalue weighted by Gasteiger charge is -2.28. The standard InChI is InChI=1S/C12H22N2O3/c1-8(13-2)11(15)14-7-9-5-3-4-6-10(9)12(16)17/h8-10,13H,3-7H2,1-2H3,(H,14,15)(H,16,17).